The number of hydrogen-bond donors (Lipinski definition) is 1. The van der Waals surface area contributed by atoms with E-state index >= 15 is 0 Å². The molecule has 0 bridgehead atoms. The van der Waals surface area contributed by atoms with Crippen LogP contribution in [0.5, 0.6) is 0 Å². The third kappa shape index (κ3) is 5.68. The van der Waals surface area contributed by atoms with Crippen LogP contribution < -0.4 is 5.32 Å². The third-order valence-electron chi connectivity index (χ3n) is 3.40. The highest BCUT2D eigenvalue weighted by molar-refractivity contribution is 9.10. The highest BCUT2D eigenvalue weighted by Crippen LogP contribution is 2.27. The van der Waals surface area contributed by atoms with Gasteiger partial charge in [0.1, 0.15) is 5.82 Å². The van der Waals surface area contributed by atoms with Crippen LogP contribution in [0.4, 0.5) is 10.1 Å². The number of ether oxygens (including phenoxy) is 1. The van der Waals surface area contributed by atoms with Gasteiger partial charge >= 0.3 is 5.97 Å². The second-order valence-corrected chi connectivity index (χ2v) is 6.92. The summed E-state index contributed by atoms with van der Waals surface area (Å²) in [4.78, 5) is 23.6. The smallest absolute Gasteiger partial charge is 0.331 e. The minimum Gasteiger partial charge on any atom is -0.452 e. The Bertz CT molecular complexity index is 860. The van der Waals surface area contributed by atoms with Gasteiger partial charge in [0.05, 0.1) is 10.7 Å². The fraction of sp³-hybridized carbons (Fsp3) is 0.158. The van der Waals surface area contributed by atoms with Crippen molar-refractivity contribution in [2.24, 2.45) is 0 Å². The summed E-state index contributed by atoms with van der Waals surface area (Å²) in [6.07, 6.45) is 2.34. The Labute approximate surface area is 164 Å². The van der Waals surface area contributed by atoms with Crippen LogP contribution in [0.3, 0.4) is 0 Å². The van der Waals surface area contributed by atoms with Crippen LogP contribution in [0.2, 0.25) is 5.02 Å². The molecule has 0 radical (unpaired) electrons. The van der Waals surface area contributed by atoms with Gasteiger partial charge in [0, 0.05) is 16.1 Å². The number of nitrogens with one attached hydrogen (secondary N) is 1. The van der Waals surface area contributed by atoms with Gasteiger partial charge in [-0.3, -0.25) is 4.79 Å². The van der Waals surface area contributed by atoms with E-state index in [1.54, 1.807) is 12.1 Å². The largest absolute Gasteiger partial charge is 0.452 e. The van der Waals surface area contributed by atoms with Gasteiger partial charge in [0.25, 0.3) is 5.91 Å². The fourth-order valence-corrected chi connectivity index (χ4v) is 2.98. The lowest BCUT2D eigenvalue weighted by atomic mass is 10.1. The molecule has 1 amide bonds. The van der Waals surface area contributed by atoms with Gasteiger partial charge in [-0.05, 0) is 55.3 Å². The fourth-order valence-electron chi connectivity index (χ4n) is 2.23. The average molecular weight is 441 g/mol. The molecule has 4 nitrogen and oxygen atoms in total. The molecule has 0 spiro atoms. The number of amides is 1. The second-order valence-electron chi connectivity index (χ2n) is 5.59. The van der Waals surface area contributed by atoms with E-state index in [4.69, 9.17) is 16.3 Å². The highest BCUT2D eigenvalue weighted by atomic mass is 79.9. The monoisotopic (exact) mass is 439 g/mol. The SMILES string of the molecule is Cc1cc(C)c(NC(=O)COC(=O)/C=C/c2cc(Br)ccc2F)c(Cl)c1. The number of carbonyl (C=O) groups is 2. The average Bonchev–Trinajstić information content (AvgIpc) is 2.57. The molecule has 0 atom stereocenters. The van der Waals surface area contributed by atoms with E-state index in [2.05, 4.69) is 21.2 Å². The molecule has 136 valence electrons. The van der Waals surface area contributed by atoms with Crippen LogP contribution in [0.15, 0.2) is 40.9 Å². The number of anilines is 1. The van der Waals surface area contributed by atoms with Crippen LogP contribution in [-0.4, -0.2) is 18.5 Å². The van der Waals surface area contributed by atoms with Crippen molar-refractivity contribution in [3.8, 4) is 0 Å². The Morgan fingerprint density at radius 2 is 2.00 bits per heavy atom. The van der Waals surface area contributed by atoms with Gasteiger partial charge in [-0.1, -0.05) is 33.6 Å². The maximum absolute atomic E-state index is 13.6. The minimum absolute atomic E-state index is 0.225. The van der Waals surface area contributed by atoms with Crippen molar-refractivity contribution in [2.75, 3.05) is 11.9 Å². The summed E-state index contributed by atoms with van der Waals surface area (Å²) < 4.78 is 19.1. The van der Waals surface area contributed by atoms with E-state index in [9.17, 15) is 14.0 Å². The normalized spacial score (nSPS) is 10.8. The third-order valence-corrected chi connectivity index (χ3v) is 4.19. The molecule has 0 heterocycles. The molecule has 1 N–H and O–H groups in total. The number of esters is 1. The topological polar surface area (TPSA) is 55.4 Å². The summed E-state index contributed by atoms with van der Waals surface area (Å²) in [5.41, 5.74) is 2.48. The Hall–Kier alpha value is -2.18. The van der Waals surface area contributed by atoms with Crippen molar-refractivity contribution in [3.05, 3.63) is 68.4 Å². The molecule has 0 fully saturated rings. The lowest BCUT2D eigenvalue weighted by molar-refractivity contribution is -0.142. The zero-order valence-corrected chi connectivity index (χ0v) is 16.4. The molecule has 0 unspecified atom stereocenters. The van der Waals surface area contributed by atoms with Crippen LogP contribution in [0, 0.1) is 19.7 Å². The summed E-state index contributed by atoms with van der Waals surface area (Å²) >= 11 is 9.33. The van der Waals surface area contributed by atoms with Crippen molar-refractivity contribution in [1.29, 1.82) is 0 Å². The van der Waals surface area contributed by atoms with Crippen molar-refractivity contribution in [2.45, 2.75) is 13.8 Å². The number of halogens is 3. The second kappa shape index (κ2) is 8.96. The predicted molar refractivity (Wildman–Crippen MR) is 104 cm³/mol. The van der Waals surface area contributed by atoms with Crippen LogP contribution >= 0.6 is 27.5 Å². The van der Waals surface area contributed by atoms with Gasteiger partial charge in [0.15, 0.2) is 6.61 Å². The molecule has 2 rings (SSSR count). The molecule has 0 saturated carbocycles. The highest BCUT2D eigenvalue weighted by Gasteiger charge is 2.11. The standard InChI is InChI=1S/C19H16BrClFNO3/c1-11-7-12(2)19(15(21)8-11)23-17(24)10-26-18(25)6-3-13-9-14(20)4-5-16(13)22/h3-9H,10H2,1-2H3,(H,23,24)/b6-3+. The first-order valence-electron chi connectivity index (χ1n) is 7.62. The van der Waals surface area contributed by atoms with Gasteiger partial charge in [0.2, 0.25) is 0 Å². The Balaban J connectivity index is 1.92. The first-order valence-corrected chi connectivity index (χ1v) is 8.80. The molecule has 0 saturated heterocycles. The Morgan fingerprint density at radius 3 is 2.69 bits per heavy atom. The molecular formula is C19H16BrClFNO3. The summed E-state index contributed by atoms with van der Waals surface area (Å²) in [6, 6.07) is 7.95. The first-order chi connectivity index (χ1) is 12.3. The summed E-state index contributed by atoms with van der Waals surface area (Å²) in [7, 11) is 0. The van der Waals surface area contributed by atoms with Gasteiger partial charge < -0.3 is 10.1 Å². The number of rotatable bonds is 5. The quantitative estimate of drug-likeness (QED) is 0.523. The van der Waals surface area contributed by atoms with E-state index < -0.39 is 24.3 Å². The molecule has 0 aromatic heterocycles. The number of aryl methyl sites for hydroxylation is 2. The van der Waals surface area contributed by atoms with Crippen molar-refractivity contribution in [3.63, 3.8) is 0 Å². The van der Waals surface area contributed by atoms with Crippen LogP contribution in [0.1, 0.15) is 16.7 Å². The zero-order valence-electron chi connectivity index (χ0n) is 14.1. The molecular weight excluding hydrogens is 425 g/mol. The lowest BCUT2D eigenvalue weighted by Crippen LogP contribution is -2.20. The van der Waals surface area contributed by atoms with Crippen molar-refractivity contribution >= 4 is 51.2 Å². The predicted octanol–water partition coefficient (Wildman–Crippen LogP) is 5.05. The van der Waals surface area contributed by atoms with E-state index in [-0.39, 0.29) is 5.56 Å². The van der Waals surface area contributed by atoms with Crippen molar-refractivity contribution in [1.82, 2.24) is 0 Å². The maximum atomic E-state index is 13.6. The molecule has 26 heavy (non-hydrogen) atoms. The lowest BCUT2D eigenvalue weighted by Gasteiger charge is -2.11. The molecule has 0 aliphatic rings. The molecule has 0 aliphatic heterocycles. The van der Waals surface area contributed by atoms with E-state index in [0.717, 1.165) is 17.2 Å². The minimum atomic E-state index is -0.758. The number of carbonyl (C=O) groups excluding carboxylic acids is 2. The maximum Gasteiger partial charge on any atom is 0.331 e. The molecule has 2 aromatic rings. The number of benzene rings is 2. The van der Waals surface area contributed by atoms with E-state index in [0.29, 0.717) is 15.2 Å². The van der Waals surface area contributed by atoms with Gasteiger partial charge in [-0.2, -0.15) is 0 Å². The first kappa shape index (κ1) is 20.1. The van der Waals surface area contributed by atoms with E-state index in [1.807, 2.05) is 19.9 Å². The molecule has 0 aliphatic carbocycles. The summed E-state index contributed by atoms with van der Waals surface area (Å²) in [5, 5.41) is 3.02. The molecule has 7 heteroatoms. The van der Waals surface area contributed by atoms with Gasteiger partial charge in [-0.15, -0.1) is 0 Å². The Morgan fingerprint density at radius 1 is 1.27 bits per heavy atom. The summed E-state index contributed by atoms with van der Waals surface area (Å²) in [6.45, 7) is 3.23. The van der Waals surface area contributed by atoms with Crippen molar-refractivity contribution < 1.29 is 18.7 Å². The van der Waals surface area contributed by atoms with Crippen LogP contribution in [0.25, 0.3) is 6.08 Å². The van der Waals surface area contributed by atoms with E-state index in [1.165, 1.54) is 18.2 Å². The molecule has 2 aromatic carbocycles. The van der Waals surface area contributed by atoms with Crippen LogP contribution in [-0.2, 0) is 14.3 Å². The summed E-state index contributed by atoms with van der Waals surface area (Å²) in [5.74, 6) is -1.75. The number of hydrogen-bond acceptors (Lipinski definition) is 3. The zero-order chi connectivity index (χ0) is 19.3. The Kier molecular flexibility index (Phi) is 6.94. The van der Waals surface area contributed by atoms with Gasteiger partial charge in [-0.25, -0.2) is 9.18 Å².